The van der Waals surface area contributed by atoms with Gasteiger partial charge in [0.05, 0.1) is 34.6 Å². The molecule has 4 rings (SSSR count). The summed E-state index contributed by atoms with van der Waals surface area (Å²) in [7, 11) is 0. The first-order chi connectivity index (χ1) is 17.7. The molecule has 0 radical (unpaired) electrons. The Morgan fingerprint density at radius 2 is 1.78 bits per heavy atom. The molecule has 2 atom stereocenters. The largest absolute Gasteiger partial charge is 0.378 e. The fraction of sp³-hybridized carbons (Fsp3) is 0.478. The molecule has 1 aliphatic carbocycles. The van der Waals surface area contributed by atoms with Gasteiger partial charge in [0.1, 0.15) is 11.9 Å². The molecule has 37 heavy (non-hydrogen) atoms. The third-order valence-corrected chi connectivity index (χ3v) is 7.37. The van der Waals surface area contributed by atoms with Crippen LogP contribution in [0.25, 0.3) is 0 Å². The summed E-state index contributed by atoms with van der Waals surface area (Å²) < 4.78 is 19.5. The SMILES string of the molecule is NC(=O)C1CCC(Nc2nc(N[C@@H]3CCOC[C@H]3F)ncc2NC(=S)Nc2c(Cl)cc(Cl)cc2Cl)CC1. The number of alkyl halides is 1. The molecule has 6 N–H and O–H groups in total. The molecule has 0 spiro atoms. The van der Waals surface area contributed by atoms with Crippen LogP contribution in [0, 0.1) is 5.92 Å². The molecule has 1 saturated heterocycles. The van der Waals surface area contributed by atoms with E-state index in [0.717, 1.165) is 12.8 Å². The molecule has 0 bridgehead atoms. The van der Waals surface area contributed by atoms with Gasteiger partial charge in [-0.05, 0) is 56.5 Å². The quantitative estimate of drug-likeness (QED) is 0.275. The minimum Gasteiger partial charge on any atom is -0.378 e. The fourth-order valence-electron chi connectivity index (χ4n) is 4.33. The summed E-state index contributed by atoms with van der Waals surface area (Å²) in [6.07, 6.45) is 3.74. The van der Waals surface area contributed by atoms with Crippen molar-refractivity contribution in [3.8, 4) is 0 Å². The maximum Gasteiger partial charge on any atom is 0.225 e. The Hall–Kier alpha value is -2.18. The Kier molecular flexibility index (Phi) is 9.46. The first kappa shape index (κ1) is 27.8. The molecule has 9 nitrogen and oxygen atoms in total. The van der Waals surface area contributed by atoms with Gasteiger partial charge in [-0.25, -0.2) is 9.37 Å². The van der Waals surface area contributed by atoms with Gasteiger partial charge >= 0.3 is 0 Å². The Morgan fingerprint density at radius 1 is 1.08 bits per heavy atom. The van der Waals surface area contributed by atoms with Gasteiger partial charge in [-0.1, -0.05) is 34.8 Å². The first-order valence-electron chi connectivity index (χ1n) is 11.8. The Labute approximate surface area is 234 Å². The number of halogens is 4. The minimum absolute atomic E-state index is 0.0290. The van der Waals surface area contributed by atoms with Crippen LogP contribution >= 0.6 is 47.0 Å². The van der Waals surface area contributed by atoms with E-state index in [-0.39, 0.29) is 35.5 Å². The number of nitrogens with one attached hydrogen (secondary N) is 4. The number of amides is 1. The zero-order chi connectivity index (χ0) is 26.5. The van der Waals surface area contributed by atoms with Gasteiger partial charge in [0.25, 0.3) is 0 Å². The maximum absolute atomic E-state index is 14.3. The number of benzene rings is 1. The highest BCUT2D eigenvalue weighted by Crippen LogP contribution is 2.34. The number of nitrogens with zero attached hydrogens (tertiary/aromatic N) is 2. The lowest BCUT2D eigenvalue weighted by molar-refractivity contribution is -0.122. The molecule has 2 fully saturated rings. The summed E-state index contributed by atoms with van der Waals surface area (Å²) in [5, 5.41) is 13.7. The van der Waals surface area contributed by atoms with Crippen LogP contribution in [-0.2, 0) is 9.53 Å². The average molecular weight is 591 g/mol. The fourth-order valence-corrected chi connectivity index (χ4v) is 5.45. The van der Waals surface area contributed by atoms with Crippen LogP contribution in [-0.4, -0.2) is 52.5 Å². The van der Waals surface area contributed by atoms with Crippen molar-refractivity contribution in [2.24, 2.45) is 11.7 Å². The van der Waals surface area contributed by atoms with E-state index >= 15 is 0 Å². The summed E-state index contributed by atoms with van der Waals surface area (Å²) in [4.78, 5) is 20.5. The Morgan fingerprint density at radius 3 is 2.43 bits per heavy atom. The number of aromatic nitrogens is 2. The van der Waals surface area contributed by atoms with Gasteiger partial charge in [0, 0.05) is 23.6 Å². The summed E-state index contributed by atoms with van der Waals surface area (Å²) in [6, 6.07) is 2.70. The molecule has 2 aromatic rings. The van der Waals surface area contributed by atoms with Gasteiger partial charge < -0.3 is 31.7 Å². The normalized spacial score (nSPS) is 23.7. The highest BCUT2D eigenvalue weighted by Gasteiger charge is 2.28. The van der Waals surface area contributed by atoms with Crippen LogP contribution in [0.4, 0.5) is 27.5 Å². The standard InChI is InChI=1S/C23H27Cl3FN7O2S/c24-12-7-14(25)19(15(26)8-12)33-23(37)32-18-9-29-22(31-17-5-6-36-10-16(17)27)34-21(18)30-13-3-1-11(2-4-13)20(28)35/h7-9,11,13,16-17H,1-6,10H2,(H2,28,35)(H2,32,33,37)(H2,29,30,31,34)/t11?,13?,16-,17-/m1/s1. The summed E-state index contributed by atoms with van der Waals surface area (Å²) in [5.74, 6) is 0.345. The van der Waals surface area contributed by atoms with Gasteiger partial charge in [-0.15, -0.1) is 0 Å². The monoisotopic (exact) mass is 589 g/mol. The second-order valence-corrected chi connectivity index (χ2v) is 10.7. The van der Waals surface area contributed by atoms with Gasteiger partial charge in [-0.2, -0.15) is 4.98 Å². The van der Waals surface area contributed by atoms with Gasteiger partial charge in [-0.3, -0.25) is 4.79 Å². The van der Waals surface area contributed by atoms with Crippen LogP contribution < -0.4 is 27.0 Å². The molecule has 200 valence electrons. The first-order valence-corrected chi connectivity index (χ1v) is 13.4. The molecular weight excluding hydrogens is 564 g/mol. The molecule has 1 saturated carbocycles. The van der Waals surface area contributed by atoms with Crippen LogP contribution in [0.2, 0.25) is 15.1 Å². The predicted octanol–water partition coefficient (Wildman–Crippen LogP) is 5.24. The molecule has 0 unspecified atom stereocenters. The van der Waals surface area contributed by atoms with E-state index in [2.05, 4.69) is 31.2 Å². The van der Waals surface area contributed by atoms with E-state index in [1.165, 1.54) is 0 Å². The molecular formula is C23H27Cl3FN7O2S. The molecule has 2 aliphatic rings. The van der Waals surface area contributed by atoms with Gasteiger partial charge in [0.15, 0.2) is 10.9 Å². The Bertz CT molecular complexity index is 1130. The number of anilines is 4. The van der Waals surface area contributed by atoms with Crippen molar-refractivity contribution >= 4 is 81.2 Å². The summed E-state index contributed by atoms with van der Waals surface area (Å²) in [5.41, 5.74) is 6.36. The lowest BCUT2D eigenvalue weighted by Gasteiger charge is -2.29. The zero-order valence-corrected chi connectivity index (χ0v) is 22.8. The highest BCUT2D eigenvalue weighted by molar-refractivity contribution is 7.80. The number of carbonyl (C=O) groups excluding carboxylic acids is 1. The van der Waals surface area contributed by atoms with Crippen molar-refractivity contribution in [3.63, 3.8) is 0 Å². The lowest BCUT2D eigenvalue weighted by atomic mass is 9.85. The van der Waals surface area contributed by atoms with Crippen molar-refractivity contribution in [2.45, 2.75) is 50.4 Å². The van der Waals surface area contributed by atoms with E-state index in [4.69, 9.17) is 57.5 Å². The van der Waals surface area contributed by atoms with Crippen LogP contribution in [0.15, 0.2) is 18.3 Å². The van der Waals surface area contributed by atoms with E-state index in [1.54, 1.807) is 18.3 Å². The van der Waals surface area contributed by atoms with Gasteiger partial charge in [0.2, 0.25) is 11.9 Å². The van der Waals surface area contributed by atoms with E-state index in [0.29, 0.717) is 58.1 Å². The lowest BCUT2D eigenvalue weighted by Crippen LogP contribution is -2.39. The number of primary amides is 1. The van der Waals surface area contributed by atoms with Crippen LogP contribution in [0.1, 0.15) is 32.1 Å². The molecule has 2 heterocycles. The van der Waals surface area contributed by atoms with E-state index in [1.807, 2.05) is 0 Å². The third kappa shape index (κ3) is 7.44. The molecule has 14 heteroatoms. The van der Waals surface area contributed by atoms with Crippen molar-refractivity contribution < 1.29 is 13.9 Å². The van der Waals surface area contributed by atoms with E-state index in [9.17, 15) is 9.18 Å². The number of hydrogen-bond donors (Lipinski definition) is 5. The minimum atomic E-state index is -1.17. The number of ether oxygens (including phenoxy) is 1. The number of hydrogen-bond acceptors (Lipinski definition) is 7. The number of nitrogens with two attached hydrogens (primary N) is 1. The smallest absolute Gasteiger partial charge is 0.225 e. The van der Waals surface area contributed by atoms with Crippen LogP contribution in [0.5, 0.6) is 0 Å². The third-order valence-electron chi connectivity index (χ3n) is 6.35. The van der Waals surface area contributed by atoms with Crippen LogP contribution in [0.3, 0.4) is 0 Å². The maximum atomic E-state index is 14.3. The summed E-state index contributed by atoms with van der Waals surface area (Å²) in [6.45, 7) is 0.489. The van der Waals surface area contributed by atoms with Crippen molar-refractivity contribution in [3.05, 3.63) is 33.4 Å². The zero-order valence-electron chi connectivity index (χ0n) is 19.7. The number of thiocarbonyl (C=S) groups is 1. The second kappa shape index (κ2) is 12.6. The van der Waals surface area contributed by atoms with Crippen molar-refractivity contribution in [1.82, 2.24) is 9.97 Å². The average Bonchev–Trinajstić information content (AvgIpc) is 2.85. The summed E-state index contributed by atoms with van der Waals surface area (Å²) >= 11 is 24.0. The second-order valence-electron chi connectivity index (χ2n) is 9.01. The number of rotatable bonds is 7. The Balaban J connectivity index is 1.51. The molecule has 1 aliphatic heterocycles. The predicted molar refractivity (Wildman–Crippen MR) is 150 cm³/mol. The topological polar surface area (TPSA) is 126 Å². The molecule has 1 aromatic heterocycles. The van der Waals surface area contributed by atoms with Crippen molar-refractivity contribution in [1.29, 1.82) is 0 Å². The van der Waals surface area contributed by atoms with E-state index < -0.39 is 12.2 Å². The highest BCUT2D eigenvalue weighted by atomic mass is 35.5. The molecule has 1 amide bonds. The number of carbonyl (C=O) groups is 1. The molecule has 1 aromatic carbocycles. The van der Waals surface area contributed by atoms with Crippen molar-refractivity contribution in [2.75, 3.05) is 34.5 Å².